The zero-order valence-electron chi connectivity index (χ0n) is 15.9. The van der Waals surface area contributed by atoms with Crippen LogP contribution in [0.2, 0.25) is 0 Å². The van der Waals surface area contributed by atoms with E-state index in [2.05, 4.69) is 20.6 Å². The van der Waals surface area contributed by atoms with Gasteiger partial charge in [-0.15, -0.1) is 0 Å². The van der Waals surface area contributed by atoms with Crippen molar-refractivity contribution in [3.05, 3.63) is 42.6 Å². The molecule has 0 saturated carbocycles. The summed E-state index contributed by atoms with van der Waals surface area (Å²) in [5, 5.41) is 6.74. The normalized spacial score (nSPS) is 17.2. The quantitative estimate of drug-likeness (QED) is 0.593. The molecule has 0 spiro atoms. The molecule has 2 N–H and O–H groups in total. The number of aromatic nitrogens is 3. The molecule has 1 aliphatic heterocycles. The molecule has 3 rings (SSSR count). The number of hydrogen-bond donors (Lipinski definition) is 2. The van der Waals surface area contributed by atoms with Crippen LogP contribution in [0.25, 0.3) is 5.82 Å². The third-order valence-electron chi connectivity index (χ3n) is 4.53. The average molecular weight is 369 g/mol. The largest absolute Gasteiger partial charge is 0.357 e. The molecule has 8 nitrogen and oxygen atoms in total. The lowest BCUT2D eigenvalue weighted by molar-refractivity contribution is -0.129. The predicted octanol–water partition coefficient (Wildman–Crippen LogP) is 1.33. The zero-order chi connectivity index (χ0) is 19.1. The Bertz CT molecular complexity index is 772. The van der Waals surface area contributed by atoms with Crippen LogP contribution in [0.4, 0.5) is 0 Å². The first kappa shape index (κ1) is 18.9. The van der Waals surface area contributed by atoms with Crippen molar-refractivity contribution in [1.82, 2.24) is 30.1 Å². The van der Waals surface area contributed by atoms with E-state index < -0.39 is 0 Å². The highest BCUT2D eigenvalue weighted by atomic mass is 16.2. The van der Waals surface area contributed by atoms with Gasteiger partial charge in [0, 0.05) is 50.7 Å². The Morgan fingerprint density at radius 3 is 3.00 bits per heavy atom. The number of hydrogen-bond acceptors (Lipinski definition) is 4. The molecule has 1 unspecified atom stereocenters. The van der Waals surface area contributed by atoms with Crippen LogP contribution in [-0.2, 0) is 11.3 Å². The summed E-state index contributed by atoms with van der Waals surface area (Å²) in [5.74, 6) is 1.81. The van der Waals surface area contributed by atoms with E-state index in [1.54, 1.807) is 18.7 Å². The summed E-state index contributed by atoms with van der Waals surface area (Å²) in [6.45, 7) is 6.82. The van der Waals surface area contributed by atoms with Gasteiger partial charge in [-0.3, -0.25) is 9.36 Å². The van der Waals surface area contributed by atoms with E-state index in [0.717, 1.165) is 43.4 Å². The van der Waals surface area contributed by atoms with Gasteiger partial charge in [0.2, 0.25) is 5.91 Å². The highest BCUT2D eigenvalue weighted by Gasteiger charge is 2.25. The summed E-state index contributed by atoms with van der Waals surface area (Å²) in [7, 11) is 0. The van der Waals surface area contributed by atoms with Gasteiger partial charge >= 0.3 is 0 Å². The monoisotopic (exact) mass is 369 g/mol. The molecule has 1 amide bonds. The topological polar surface area (TPSA) is 87.4 Å². The minimum atomic E-state index is 0.213. The molecule has 1 atom stereocenters. The van der Waals surface area contributed by atoms with Crippen LogP contribution in [-0.4, -0.2) is 57.0 Å². The standard InChI is InChI=1S/C19H27N7O/c1-3-18(27)25-9-6-16(13-25)24-19(21-4-2)23-12-15-5-7-22-17(11-15)26-10-8-20-14-26/h5,7-8,10-11,14,16H,3-4,6,9,12-13H2,1-2H3,(H2,21,23,24). The number of pyridine rings is 1. The third-order valence-corrected chi connectivity index (χ3v) is 4.53. The maximum Gasteiger partial charge on any atom is 0.222 e. The first-order valence-corrected chi connectivity index (χ1v) is 9.45. The molecule has 2 aromatic heterocycles. The summed E-state index contributed by atoms with van der Waals surface area (Å²) in [5.41, 5.74) is 1.07. The van der Waals surface area contributed by atoms with E-state index in [1.165, 1.54) is 0 Å². The van der Waals surface area contributed by atoms with Crippen molar-refractivity contribution in [1.29, 1.82) is 0 Å². The maximum absolute atomic E-state index is 11.9. The van der Waals surface area contributed by atoms with Crippen molar-refractivity contribution >= 4 is 11.9 Å². The second kappa shape index (κ2) is 9.16. The lowest BCUT2D eigenvalue weighted by Crippen LogP contribution is -2.45. The van der Waals surface area contributed by atoms with Gasteiger partial charge in [-0.25, -0.2) is 15.0 Å². The number of aliphatic imine (C=N–C) groups is 1. The molecular weight excluding hydrogens is 342 g/mol. The number of imidazole rings is 1. The molecule has 0 aromatic carbocycles. The minimum absolute atomic E-state index is 0.213. The molecule has 8 heteroatoms. The Balaban J connectivity index is 1.63. The van der Waals surface area contributed by atoms with Crippen LogP contribution in [0.5, 0.6) is 0 Å². The third kappa shape index (κ3) is 5.06. The molecule has 0 radical (unpaired) electrons. The summed E-state index contributed by atoms with van der Waals surface area (Å²) in [6, 6.07) is 4.20. The van der Waals surface area contributed by atoms with Crippen molar-refractivity contribution in [2.45, 2.75) is 39.3 Å². The fourth-order valence-electron chi connectivity index (χ4n) is 3.11. The predicted molar refractivity (Wildman–Crippen MR) is 105 cm³/mol. The Labute approximate surface area is 159 Å². The van der Waals surface area contributed by atoms with Gasteiger partial charge in [-0.05, 0) is 31.0 Å². The van der Waals surface area contributed by atoms with Crippen molar-refractivity contribution in [3.63, 3.8) is 0 Å². The summed E-state index contributed by atoms with van der Waals surface area (Å²) < 4.78 is 1.87. The van der Waals surface area contributed by atoms with Gasteiger partial charge in [0.1, 0.15) is 12.1 Å². The second-order valence-electron chi connectivity index (χ2n) is 6.51. The molecule has 2 aromatic rings. The number of nitrogens with zero attached hydrogens (tertiary/aromatic N) is 5. The number of nitrogens with one attached hydrogen (secondary N) is 2. The molecule has 1 aliphatic rings. The van der Waals surface area contributed by atoms with Crippen LogP contribution in [0.15, 0.2) is 42.0 Å². The highest BCUT2D eigenvalue weighted by molar-refractivity contribution is 5.80. The molecule has 0 aliphatic carbocycles. The van der Waals surface area contributed by atoms with E-state index in [1.807, 2.05) is 41.6 Å². The van der Waals surface area contributed by atoms with Gasteiger partial charge < -0.3 is 15.5 Å². The Morgan fingerprint density at radius 2 is 2.26 bits per heavy atom. The smallest absolute Gasteiger partial charge is 0.222 e. The number of rotatable bonds is 6. The van der Waals surface area contributed by atoms with Gasteiger partial charge in [0.25, 0.3) is 0 Å². The second-order valence-corrected chi connectivity index (χ2v) is 6.51. The van der Waals surface area contributed by atoms with Gasteiger partial charge in [0.15, 0.2) is 5.96 Å². The van der Waals surface area contributed by atoms with E-state index in [9.17, 15) is 4.79 Å². The van der Waals surface area contributed by atoms with E-state index in [4.69, 9.17) is 4.99 Å². The lowest BCUT2D eigenvalue weighted by atomic mass is 10.2. The molecule has 1 saturated heterocycles. The zero-order valence-corrected chi connectivity index (χ0v) is 15.9. The van der Waals surface area contributed by atoms with Crippen molar-refractivity contribution in [2.24, 2.45) is 4.99 Å². The Kier molecular flexibility index (Phi) is 6.40. The SMILES string of the molecule is CCNC(=NCc1ccnc(-n2ccnc2)c1)NC1CCN(C(=O)CC)C1. The fourth-order valence-corrected chi connectivity index (χ4v) is 3.11. The van der Waals surface area contributed by atoms with Crippen LogP contribution in [0.1, 0.15) is 32.3 Å². The average Bonchev–Trinajstić information content (AvgIpc) is 3.38. The summed E-state index contributed by atoms with van der Waals surface area (Å²) >= 11 is 0. The lowest BCUT2D eigenvalue weighted by Gasteiger charge is -2.18. The number of likely N-dealkylation sites (tertiary alicyclic amines) is 1. The molecule has 144 valence electrons. The van der Waals surface area contributed by atoms with E-state index >= 15 is 0 Å². The number of guanidine groups is 1. The van der Waals surface area contributed by atoms with Crippen molar-refractivity contribution in [3.8, 4) is 5.82 Å². The van der Waals surface area contributed by atoms with E-state index in [-0.39, 0.29) is 11.9 Å². The van der Waals surface area contributed by atoms with Gasteiger partial charge in [-0.1, -0.05) is 6.92 Å². The van der Waals surface area contributed by atoms with Crippen molar-refractivity contribution < 1.29 is 4.79 Å². The molecule has 27 heavy (non-hydrogen) atoms. The summed E-state index contributed by atoms with van der Waals surface area (Å²) in [4.78, 5) is 26.9. The fraction of sp³-hybridized carbons (Fsp3) is 0.474. The highest BCUT2D eigenvalue weighted by Crippen LogP contribution is 2.11. The van der Waals surface area contributed by atoms with Crippen LogP contribution in [0.3, 0.4) is 0 Å². The Hall–Kier alpha value is -2.90. The number of amides is 1. The number of carbonyl (C=O) groups is 1. The van der Waals surface area contributed by atoms with Crippen LogP contribution >= 0.6 is 0 Å². The molecule has 1 fully saturated rings. The maximum atomic E-state index is 11.9. The van der Waals surface area contributed by atoms with Crippen LogP contribution in [0, 0.1) is 0 Å². The van der Waals surface area contributed by atoms with Gasteiger partial charge in [-0.2, -0.15) is 0 Å². The molecular formula is C19H27N7O. The first-order chi connectivity index (χ1) is 13.2. The van der Waals surface area contributed by atoms with Crippen molar-refractivity contribution in [2.75, 3.05) is 19.6 Å². The van der Waals surface area contributed by atoms with E-state index in [0.29, 0.717) is 13.0 Å². The molecule has 3 heterocycles. The van der Waals surface area contributed by atoms with Crippen LogP contribution < -0.4 is 10.6 Å². The first-order valence-electron chi connectivity index (χ1n) is 9.45. The Morgan fingerprint density at radius 1 is 1.37 bits per heavy atom. The van der Waals surface area contributed by atoms with Gasteiger partial charge in [0.05, 0.1) is 6.54 Å². The molecule has 0 bridgehead atoms. The number of carbonyl (C=O) groups excluding carboxylic acids is 1. The summed E-state index contributed by atoms with van der Waals surface area (Å²) in [6.07, 6.45) is 8.60. The minimum Gasteiger partial charge on any atom is -0.357 e.